The summed E-state index contributed by atoms with van der Waals surface area (Å²) < 4.78 is 2.69. The highest BCUT2D eigenvalue weighted by atomic mass is 35.5. The fraction of sp³-hybridized carbons (Fsp3) is 0.259. The molecule has 0 amide bonds. The lowest BCUT2D eigenvalue weighted by Crippen LogP contribution is -2.39. The van der Waals surface area contributed by atoms with Crippen LogP contribution in [0.1, 0.15) is 18.4 Å². The van der Waals surface area contributed by atoms with Crippen molar-refractivity contribution in [1.29, 1.82) is 0 Å². The molecule has 1 aliphatic heterocycles. The smallest absolute Gasteiger partial charge is 0.335 e. The van der Waals surface area contributed by atoms with Crippen LogP contribution in [-0.4, -0.2) is 33.2 Å². The second-order valence-electron chi connectivity index (χ2n) is 8.87. The van der Waals surface area contributed by atoms with E-state index in [2.05, 4.69) is 34.5 Å². The van der Waals surface area contributed by atoms with Gasteiger partial charge in [0.15, 0.2) is 0 Å². The standard InChI is InChI=1S/C27H27ClN4O2/c1-30-25-17-22(29-21-12-14-31(15-13-21)18-19-6-3-2-4-7-19)10-11-24(25)26(33)32(27(30)34)23-9-5-8-20(28)16-23/h2-11,16-17,21,29H,12-15,18H2,1H3. The monoisotopic (exact) mass is 474 g/mol. The van der Waals surface area contributed by atoms with Crippen LogP contribution in [0.15, 0.2) is 82.4 Å². The van der Waals surface area contributed by atoms with Crippen molar-refractivity contribution in [3.63, 3.8) is 0 Å². The Morgan fingerprint density at radius 1 is 0.941 bits per heavy atom. The Balaban J connectivity index is 1.35. The van der Waals surface area contributed by atoms with Crippen molar-refractivity contribution < 1.29 is 0 Å². The Bertz CT molecular complexity index is 1440. The first kappa shape index (κ1) is 22.4. The minimum absolute atomic E-state index is 0.346. The van der Waals surface area contributed by atoms with E-state index in [0.717, 1.165) is 38.2 Å². The Morgan fingerprint density at radius 3 is 2.44 bits per heavy atom. The third-order valence-corrected chi connectivity index (χ3v) is 6.78. The molecule has 3 aromatic carbocycles. The van der Waals surface area contributed by atoms with E-state index in [1.807, 2.05) is 18.2 Å². The van der Waals surface area contributed by atoms with Crippen LogP contribution < -0.4 is 16.6 Å². The lowest BCUT2D eigenvalue weighted by atomic mass is 10.0. The van der Waals surface area contributed by atoms with Gasteiger partial charge in [0, 0.05) is 43.4 Å². The number of nitrogens with zero attached hydrogens (tertiary/aromatic N) is 3. The van der Waals surface area contributed by atoms with Crippen molar-refractivity contribution in [2.75, 3.05) is 18.4 Å². The summed E-state index contributed by atoms with van der Waals surface area (Å²) in [5, 5.41) is 4.57. The molecule has 0 saturated carbocycles. The zero-order chi connectivity index (χ0) is 23.7. The van der Waals surface area contributed by atoms with Crippen LogP contribution in [0.4, 0.5) is 5.69 Å². The molecule has 174 valence electrons. The number of benzene rings is 3. The molecular weight excluding hydrogens is 448 g/mol. The molecule has 1 N–H and O–H groups in total. The zero-order valence-electron chi connectivity index (χ0n) is 19.1. The van der Waals surface area contributed by atoms with Crippen LogP contribution >= 0.6 is 11.6 Å². The van der Waals surface area contributed by atoms with E-state index in [0.29, 0.717) is 27.7 Å². The topological polar surface area (TPSA) is 59.3 Å². The molecule has 0 aliphatic carbocycles. The number of likely N-dealkylation sites (tertiary alicyclic amines) is 1. The van der Waals surface area contributed by atoms with Crippen LogP contribution in [0.5, 0.6) is 0 Å². The molecule has 1 aromatic heterocycles. The summed E-state index contributed by atoms with van der Waals surface area (Å²) in [5.74, 6) is 0. The normalized spacial score (nSPS) is 15.0. The van der Waals surface area contributed by atoms with Gasteiger partial charge < -0.3 is 5.32 Å². The predicted molar refractivity (Wildman–Crippen MR) is 138 cm³/mol. The molecule has 7 heteroatoms. The number of anilines is 1. The molecule has 5 rings (SSSR count). The molecule has 0 spiro atoms. The Kier molecular flexibility index (Phi) is 6.26. The summed E-state index contributed by atoms with van der Waals surface area (Å²) in [6.07, 6.45) is 2.08. The average molecular weight is 475 g/mol. The van der Waals surface area contributed by atoms with E-state index in [9.17, 15) is 9.59 Å². The summed E-state index contributed by atoms with van der Waals surface area (Å²) in [6.45, 7) is 3.04. The second-order valence-corrected chi connectivity index (χ2v) is 9.31. The van der Waals surface area contributed by atoms with Gasteiger partial charge >= 0.3 is 5.69 Å². The van der Waals surface area contributed by atoms with E-state index in [4.69, 9.17) is 11.6 Å². The Labute approximate surface area is 203 Å². The fourth-order valence-electron chi connectivity index (χ4n) is 4.70. The molecule has 6 nitrogen and oxygen atoms in total. The molecule has 0 bridgehead atoms. The van der Waals surface area contributed by atoms with Gasteiger partial charge in [0.1, 0.15) is 0 Å². The number of hydrogen-bond donors (Lipinski definition) is 1. The second kappa shape index (κ2) is 9.49. The lowest BCUT2D eigenvalue weighted by Gasteiger charge is -2.33. The van der Waals surface area contributed by atoms with Gasteiger partial charge in [-0.05, 0) is 54.8 Å². The van der Waals surface area contributed by atoms with Crippen molar-refractivity contribution in [3.8, 4) is 5.69 Å². The lowest BCUT2D eigenvalue weighted by molar-refractivity contribution is 0.211. The molecule has 34 heavy (non-hydrogen) atoms. The maximum atomic E-state index is 13.2. The third kappa shape index (κ3) is 4.52. The van der Waals surface area contributed by atoms with Crippen LogP contribution in [-0.2, 0) is 13.6 Å². The SMILES string of the molecule is Cn1c(=O)n(-c2cccc(Cl)c2)c(=O)c2ccc(NC3CCN(Cc4ccccc4)CC3)cc21. The number of aryl methyl sites for hydroxylation is 1. The van der Waals surface area contributed by atoms with Gasteiger partial charge in [-0.25, -0.2) is 9.36 Å². The average Bonchev–Trinajstić information content (AvgIpc) is 2.85. The minimum atomic E-state index is -0.397. The number of fused-ring (bicyclic) bond motifs is 1. The quantitative estimate of drug-likeness (QED) is 0.465. The molecule has 0 atom stereocenters. The number of nitrogens with one attached hydrogen (secondary N) is 1. The number of aromatic nitrogens is 2. The van der Waals surface area contributed by atoms with Crippen LogP contribution in [0, 0.1) is 0 Å². The molecular formula is C27H27ClN4O2. The molecule has 0 unspecified atom stereocenters. The van der Waals surface area contributed by atoms with Crippen LogP contribution in [0.3, 0.4) is 0 Å². The van der Waals surface area contributed by atoms with Gasteiger partial charge in [0.2, 0.25) is 0 Å². The van der Waals surface area contributed by atoms with Crippen molar-refractivity contribution >= 4 is 28.2 Å². The fourth-order valence-corrected chi connectivity index (χ4v) is 4.88. The van der Waals surface area contributed by atoms with E-state index >= 15 is 0 Å². The van der Waals surface area contributed by atoms with Gasteiger partial charge in [-0.15, -0.1) is 0 Å². The number of piperidine rings is 1. The predicted octanol–water partition coefficient (Wildman–Crippen LogP) is 4.42. The largest absolute Gasteiger partial charge is 0.382 e. The highest BCUT2D eigenvalue weighted by molar-refractivity contribution is 6.30. The molecule has 1 saturated heterocycles. The van der Waals surface area contributed by atoms with Gasteiger partial charge in [0.05, 0.1) is 16.6 Å². The van der Waals surface area contributed by atoms with Crippen molar-refractivity contribution in [2.24, 2.45) is 7.05 Å². The number of rotatable bonds is 5. The van der Waals surface area contributed by atoms with Crippen molar-refractivity contribution in [3.05, 3.63) is 104 Å². The Morgan fingerprint density at radius 2 is 1.71 bits per heavy atom. The molecule has 2 heterocycles. The summed E-state index contributed by atoms with van der Waals surface area (Å²) in [7, 11) is 1.69. The maximum Gasteiger partial charge on any atom is 0.335 e. The van der Waals surface area contributed by atoms with Gasteiger partial charge in [-0.3, -0.25) is 14.3 Å². The van der Waals surface area contributed by atoms with E-state index in [1.165, 1.54) is 14.7 Å². The zero-order valence-corrected chi connectivity index (χ0v) is 19.8. The first-order valence-electron chi connectivity index (χ1n) is 11.5. The highest BCUT2D eigenvalue weighted by Crippen LogP contribution is 2.21. The van der Waals surface area contributed by atoms with Gasteiger partial charge in [-0.1, -0.05) is 48.0 Å². The third-order valence-electron chi connectivity index (χ3n) is 6.54. The summed E-state index contributed by atoms with van der Waals surface area (Å²) in [5.41, 5.74) is 2.59. The number of hydrogen-bond acceptors (Lipinski definition) is 4. The van der Waals surface area contributed by atoms with Crippen LogP contribution in [0.2, 0.25) is 5.02 Å². The van der Waals surface area contributed by atoms with E-state index in [1.54, 1.807) is 37.4 Å². The first-order chi connectivity index (χ1) is 16.5. The summed E-state index contributed by atoms with van der Waals surface area (Å²) in [4.78, 5) is 28.7. The van der Waals surface area contributed by atoms with Crippen LogP contribution in [0.25, 0.3) is 16.6 Å². The molecule has 0 radical (unpaired) electrons. The molecule has 4 aromatic rings. The number of halogens is 1. The maximum absolute atomic E-state index is 13.2. The molecule has 1 aliphatic rings. The van der Waals surface area contributed by atoms with E-state index < -0.39 is 5.69 Å². The van der Waals surface area contributed by atoms with Crippen molar-refractivity contribution in [1.82, 2.24) is 14.0 Å². The minimum Gasteiger partial charge on any atom is -0.382 e. The first-order valence-corrected chi connectivity index (χ1v) is 11.9. The van der Waals surface area contributed by atoms with E-state index in [-0.39, 0.29) is 5.56 Å². The van der Waals surface area contributed by atoms with Gasteiger partial charge in [-0.2, -0.15) is 0 Å². The van der Waals surface area contributed by atoms with Gasteiger partial charge in [0.25, 0.3) is 5.56 Å². The summed E-state index contributed by atoms with van der Waals surface area (Å²) >= 11 is 6.08. The highest BCUT2D eigenvalue weighted by Gasteiger charge is 2.20. The van der Waals surface area contributed by atoms with Crippen molar-refractivity contribution in [2.45, 2.75) is 25.4 Å². The molecule has 1 fully saturated rings. The Hall–Kier alpha value is -3.35. The summed E-state index contributed by atoms with van der Waals surface area (Å²) in [6, 6.07) is 23.3.